The van der Waals surface area contributed by atoms with Gasteiger partial charge in [-0.1, -0.05) is 12.8 Å². The van der Waals surface area contributed by atoms with Gasteiger partial charge < -0.3 is 30.3 Å². The lowest BCUT2D eigenvalue weighted by atomic mass is 9.84. The first-order valence-corrected chi connectivity index (χ1v) is 16.4. The first kappa shape index (κ1) is 38.2. The average Bonchev–Trinajstić information content (AvgIpc) is 3.45. The first-order chi connectivity index (χ1) is 22.9. The van der Waals surface area contributed by atoms with Crippen LogP contribution in [-0.4, -0.2) is 95.6 Å². The third-order valence-corrected chi connectivity index (χ3v) is 8.48. The summed E-state index contributed by atoms with van der Waals surface area (Å²) in [7, 11) is 0. The number of unbranched alkanes of at least 4 members (excludes halogenated alkanes) is 1. The highest BCUT2D eigenvalue weighted by atomic mass is 19.4. The number of pyridine rings is 1. The van der Waals surface area contributed by atoms with Gasteiger partial charge >= 0.3 is 24.0 Å². The Kier molecular flexibility index (Phi) is 14.6. The molecule has 0 aromatic carbocycles. The Morgan fingerprint density at radius 2 is 1.71 bits per heavy atom. The summed E-state index contributed by atoms with van der Waals surface area (Å²) in [5, 5.41) is 6.89. The van der Waals surface area contributed by atoms with Crippen molar-refractivity contribution in [3.63, 3.8) is 0 Å². The second kappa shape index (κ2) is 18.3. The van der Waals surface area contributed by atoms with Crippen LogP contribution < -0.4 is 16.0 Å². The van der Waals surface area contributed by atoms with Crippen molar-refractivity contribution in [2.24, 2.45) is 5.92 Å². The second-order valence-corrected chi connectivity index (χ2v) is 11.8. The van der Waals surface area contributed by atoms with E-state index in [-0.39, 0.29) is 75.3 Å². The summed E-state index contributed by atoms with van der Waals surface area (Å²) in [6.07, 6.45) is 1.58. The fourth-order valence-electron chi connectivity index (χ4n) is 6.21. The maximum Gasteiger partial charge on any atom is 0.471 e. The topological polar surface area (TPSA) is 173 Å². The van der Waals surface area contributed by atoms with E-state index in [0.29, 0.717) is 6.42 Å². The molecule has 1 aromatic heterocycles. The Hall–Kier alpha value is -4.24. The van der Waals surface area contributed by atoms with Crippen LogP contribution in [0.4, 0.5) is 13.2 Å². The number of rotatable bonds is 16. The number of amides is 4. The lowest BCUT2D eigenvalue weighted by Gasteiger charge is -2.33. The Morgan fingerprint density at radius 1 is 0.979 bits per heavy atom. The fraction of sp³-hybridized carbons (Fsp3) is 0.656. The zero-order chi connectivity index (χ0) is 35.3. The molecule has 1 saturated heterocycles. The zero-order valence-corrected chi connectivity index (χ0v) is 27.2. The van der Waals surface area contributed by atoms with E-state index in [1.807, 2.05) is 0 Å². The van der Waals surface area contributed by atoms with Gasteiger partial charge in [0.05, 0.1) is 18.8 Å². The lowest BCUT2D eigenvalue weighted by Crippen LogP contribution is -2.52. The summed E-state index contributed by atoms with van der Waals surface area (Å²) >= 11 is 0. The summed E-state index contributed by atoms with van der Waals surface area (Å²) in [6.45, 7) is 3.11. The minimum atomic E-state index is -5.03. The molecule has 0 spiro atoms. The molecule has 4 amide bonds. The molecule has 1 aliphatic heterocycles. The molecule has 16 heteroatoms. The number of halogens is 3. The average molecular weight is 684 g/mol. The molecule has 5 atom stereocenters. The largest absolute Gasteiger partial charge is 0.471 e. The monoisotopic (exact) mass is 683 g/mol. The van der Waals surface area contributed by atoms with Gasteiger partial charge in [-0.25, -0.2) is 9.59 Å². The Balaban J connectivity index is 1.71. The van der Waals surface area contributed by atoms with Gasteiger partial charge in [-0.3, -0.25) is 24.2 Å². The number of hydrogen-bond acceptors (Lipinski definition) is 9. The van der Waals surface area contributed by atoms with Crippen LogP contribution >= 0.6 is 0 Å². The number of ether oxygens (including phenoxy) is 2. The first-order valence-electron chi connectivity index (χ1n) is 16.4. The van der Waals surface area contributed by atoms with E-state index in [1.54, 1.807) is 24.1 Å². The summed E-state index contributed by atoms with van der Waals surface area (Å²) in [5.41, 5.74) is 0.142. The Morgan fingerprint density at radius 3 is 2.38 bits per heavy atom. The number of carbonyl (C=O) groups excluding carboxylic acids is 6. The molecule has 0 radical (unpaired) electrons. The maximum absolute atomic E-state index is 13.6. The van der Waals surface area contributed by atoms with E-state index in [9.17, 15) is 41.9 Å². The molecular formula is C32H44F3N5O8. The van der Waals surface area contributed by atoms with Crippen molar-refractivity contribution in [2.75, 3.05) is 19.8 Å². The number of fused-ring (bicyclic) bond motifs is 1. The van der Waals surface area contributed by atoms with E-state index in [2.05, 4.69) is 15.6 Å². The number of nitrogens with one attached hydrogen (secondary N) is 3. The van der Waals surface area contributed by atoms with Crippen molar-refractivity contribution >= 4 is 35.6 Å². The molecule has 266 valence electrons. The van der Waals surface area contributed by atoms with Crippen LogP contribution in [0, 0.1) is 5.92 Å². The number of esters is 2. The van der Waals surface area contributed by atoms with Gasteiger partial charge in [0.25, 0.3) is 5.91 Å². The standard InChI is InChI=1S/C32H44F3N5O8/c1-3-47-29(44)23(14-15-26(41)40-24-13-6-5-10-20(24)18-25(40)30(45)48-4-2)39-28(43)22(38-27(42)21-11-9-16-36-19-21)12-7-8-17-37-31(46)32(33,34)35/h9,11,16,19-20,22-25H,3-8,10,12-15,17-18H2,1-2H3,(H,37,46)(H,38,42)(H,39,43)/t20-,22-,23+,24-,25-/m0/s1. The molecule has 2 heterocycles. The van der Waals surface area contributed by atoms with Crippen LogP contribution in [0.1, 0.15) is 88.4 Å². The van der Waals surface area contributed by atoms with Crippen LogP contribution in [0.5, 0.6) is 0 Å². The summed E-state index contributed by atoms with van der Waals surface area (Å²) in [4.78, 5) is 82.3. The Bertz CT molecular complexity index is 1280. The number of nitrogens with zero attached hydrogens (tertiary/aromatic N) is 2. The van der Waals surface area contributed by atoms with Crippen molar-refractivity contribution in [3.05, 3.63) is 30.1 Å². The molecule has 1 aromatic rings. The van der Waals surface area contributed by atoms with Gasteiger partial charge in [-0.05, 0) is 76.8 Å². The number of aromatic nitrogens is 1. The quantitative estimate of drug-likeness (QED) is 0.175. The van der Waals surface area contributed by atoms with E-state index in [4.69, 9.17) is 9.47 Å². The molecule has 2 fully saturated rings. The molecule has 0 unspecified atom stereocenters. The molecule has 1 aliphatic carbocycles. The van der Waals surface area contributed by atoms with Crippen molar-refractivity contribution < 1.29 is 51.4 Å². The van der Waals surface area contributed by atoms with Gasteiger partial charge in [-0.15, -0.1) is 0 Å². The minimum absolute atomic E-state index is 0.00915. The van der Waals surface area contributed by atoms with Gasteiger partial charge in [0.15, 0.2) is 0 Å². The molecule has 48 heavy (non-hydrogen) atoms. The maximum atomic E-state index is 13.6. The molecule has 0 bridgehead atoms. The van der Waals surface area contributed by atoms with Gasteiger partial charge in [0.1, 0.15) is 18.1 Å². The zero-order valence-electron chi connectivity index (χ0n) is 27.2. The van der Waals surface area contributed by atoms with Crippen molar-refractivity contribution in [1.29, 1.82) is 0 Å². The van der Waals surface area contributed by atoms with Crippen molar-refractivity contribution in [1.82, 2.24) is 25.8 Å². The normalized spacial score (nSPS) is 20.1. The van der Waals surface area contributed by atoms with E-state index < -0.39 is 54.0 Å². The summed E-state index contributed by atoms with van der Waals surface area (Å²) in [5.74, 6) is -4.98. The van der Waals surface area contributed by atoms with E-state index in [1.165, 1.54) is 24.5 Å². The second-order valence-electron chi connectivity index (χ2n) is 11.8. The van der Waals surface area contributed by atoms with Crippen LogP contribution in [0.3, 0.4) is 0 Å². The molecule has 13 nitrogen and oxygen atoms in total. The smallest absolute Gasteiger partial charge is 0.464 e. The molecule has 3 N–H and O–H groups in total. The third kappa shape index (κ3) is 10.9. The van der Waals surface area contributed by atoms with Crippen LogP contribution in [0.15, 0.2) is 24.5 Å². The van der Waals surface area contributed by atoms with Crippen LogP contribution in [-0.2, 0) is 33.4 Å². The number of alkyl halides is 3. The highest BCUT2D eigenvalue weighted by Crippen LogP contribution is 2.40. The lowest BCUT2D eigenvalue weighted by molar-refractivity contribution is -0.173. The van der Waals surface area contributed by atoms with Crippen molar-refractivity contribution in [2.45, 2.75) is 108 Å². The number of carbonyl (C=O) groups is 6. The highest BCUT2D eigenvalue weighted by molar-refractivity contribution is 5.98. The Labute approximate surface area is 277 Å². The minimum Gasteiger partial charge on any atom is -0.464 e. The SMILES string of the molecule is CCOC(=O)[C@@H](CCC(=O)N1[C@H](C(=O)OCC)C[C@@H]2CCCC[C@@H]21)NC(=O)[C@H](CCCCNC(=O)C(F)(F)F)NC(=O)c1cccnc1. The van der Waals surface area contributed by atoms with Crippen LogP contribution in [0.25, 0.3) is 0 Å². The van der Waals surface area contributed by atoms with Gasteiger partial charge in [0, 0.05) is 31.4 Å². The van der Waals surface area contributed by atoms with Crippen molar-refractivity contribution in [3.8, 4) is 0 Å². The third-order valence-electron chi connectivity index (χ3n) is 8.48. The predicted molar refractivity (Wildman–Crippen MR) is 164 cm³/mol. The number of likely N-dealkylation sites (tertiary alicyclic amines) is 1. The molecule has 1 saturated carbocycles. The summed E-state index contributed by atoms with van der Waals surface area (Å²) in [6, 6.07) is -0.382. The predicted octanol–water partition coefficient (Wildman–Crippen LogP) is 2.58. The van der Waals surface area contributed by atoms with Gasteiger partial charge in [0.2, 0.25) is 11.8 Å². The van der Waals surface area contributed by atoms with Gasteiger partial charge in [-0.2, -0.15) is 13.2 Å². The van der Waals surface area contributed by atoms with Crippen LogP contribution in [0.2, 0.25) is 0 Å². The van der Waals surface area contributed by atoms with E-state index in [0.717, 1.165) is 25.7 Å². The molecule has 3 rings (SSSR count). The highest BCUT2D eigenvalue weighted by Gasteiger charge is 2.48. The molecular weight excluding hydrogens is 639 g/mol. The fourth-order valence-corrected chi connectivity index (χ4v) is 6.21. The number of hydrogen-bond donors (Lipinski definition) is 3. The van der Waals surface area contributed by atoms with E-state index >= 15 is 0 Å². The molecule has 2 aliphatic rings. The summed E-state index contributed by atoms with van der Waals surface area (Å²) < 4.78 is 47.9.